The molecule has 3 rings (SSSR count). The van der Waals surface area contributed by atoms with Crippen molar-refractivity contribution < 1.29 is 0 Å². The lowest BCUT2D eigenvalue weighted by molar-refractivity contribution is 1.38. The molecule has 0 amide bonds. The number of rotatable bonds is 2. The van der Waals surface area contributed by atoms with E-state index in [0.29, 0.717) is 5.56 Å². The topological polar surface area (TPSA) is 36.7 Å². The predicted molar refractivity (Wildman–Crippen MR) is 82.4 cm³/mol. The van der Waals surface area contributed by atoms with Gasteiger partial charge in [-0.2, -0.15) is 5.26 Å². The van der Waals surface area contributed by atoms with E-state index in [9.17, 15) is 0 Å². The molecular weight excluding hydrogens is 264 g/mol. The van der Waals surface area contributed by atoms with Gasteiger partial charge in [-0.1, -0.05) is 42.0 Å². The molecule has 0 fully saturated rings. The van der Waals surface area contributed by atoms with Gasteiger partial charge in [0.1, 0.15) is 5.01 Å². The van der Waals surface area contributed by atoms with Crippen molar-refractivity contribution in [3.63, 3.8) is 0 Å². The van der Waals surface area contributed by atoms with Crippen LogP contribution in [0.4, 0.5) is 0 Å². The van der Waals surface area contributed by atoms with Gasteiger partial charge in [-0.3, -0.25) is 0 Å². The fourth-order valence-electron chi connectivity index (χ4n) is 1.98. The summed E-state index contributed by atoms with van der Waals surface area (Å²) in [5.74, 6) is 0. The molecule has 0 atom stereocenters. The second kappa shape index (κ2) is 5.28. The molecule has 0 aliphatic heterocycles. The first-order chi connectivity index (χ1) is 9.76. The highest BCUT2D eigenvalue weighted by Gasteiger charge is 2.07. The molecule has 0 N–H and O–H groups in total. The molecule has 0 unspecified atom stereocenters. The highest BCUT2D eigenvalue weighted by atomic mass is 32.1. The Morgan fingerprint density at radius 1 is 1.05 bits per heavy atom. The molecule has 0 radical (unpaired) electrons. The van der Waals surface area contributed by atoms with Gasteiger partial charge in [0.05, 0.1) is 17.3 Å². The van der Waals surface area contributed by atoms with Crippen LogP contribution in [0.5, 0.6) is 0 Å². The molecule has 1 aromatic heterocycles. The Bertz CT molecular complexity index is 779. The molecule has 0 saturated heterocycles. The van der Waals surface area contributed by atoms with Gasteiger partial charge in [0.2, 0.25) is 0 Å². The maximum absolute atomic E-state index is 8.95. The van der Waals surface area contributed by atoms with Crippen LogP contribution >= 0.6 is 11.3 Å². The van der Waals surface area contributed by atoms with E-state index in [-0.39, 0.29) is 0 Å². The summed E-state index contributed by atoms with van der Waals surface area (Å²) in [6, 6.07) is 18.1. The molecule has 1 heterocycles. The number of aromatic nitrogens is 1. The van der Waals surface area contributed by atoms with Crippen molar-refractivity contribution in [2.75, 3.05) is 0 Å². The van der Waals surface area contributed by atoms with E-state index in [0.717, 1.165) is 21.8 Å². The van der Waals surface area contributed by atoms with Crippen molar-refractivity contribution in [2.24, 2.45) is 0 Å². The van der Waals surface area contributed by atoms with Crippen LogP contribution in [0.2, 0.25) is 0 Å². The van der Waals surface area contributed by atoms with Crippen molar-refractivity contribution in [1.29, 1.82) is 5.26 Å². The minimum atomic E-state index is 0.660. The zero-order valence-electron chi connectivity index (χ0n) is 11.0. The highest BCUT2D eigenvalue weighted by molar-refractivity contribution is 7.13. The fourth-order valence-corrected chi connectivity index (χ4v) is 2.82. The minimum Gasteiger partial charge on any atom is -0.236 e. The summed E-state index contributed by atoms with van der Waals surface area (Å²) in [4.78, 5) is 4.66. The number of aryl methyl sites for hydroxylation is 1. The van der Waals surface area contributed by atoms with Gasteiger partial charge >= 0.3 is 0 Å². The molecule has 0 saturated carbocycles. The van der Waals surface area contributed by atoms with Crippen LogP contribution in [0, 0.1) is 18.3 Å². The number of hydrogen-bond acceptors (Lipinski definition) is 3. The summed E-state index contributed by atoms with van der Waals surface area (Å²) in [7, 11) is 0. The molecule has 2 nitrogen and oxygen atoms in total. The van der Waals surface area contributed by atoms with Crippen molar-refractivity contribution >= 4 is 11.3 Å². The van der Waals surface area contributed by atoms with E-state index < -0.39 is 0 Å². The summed E-state index contributed by atoms with van der Waals surface area (Å²) in [5, 5.41) is 12.0. The van der Waals surface area contributed by atoms with Gasteiger partial charge in [-0.15, -0.1) is 11.3 Å². The first-order valence-corrected chi connectivity index (χ1v) is 7.17. The maximum atomic E-state index is 8.95. The van der Waals surface area contributed by atoms with Crippen LogP contribution in [0.3, 0.4) is 0 Å². The zero-order chi connectivity index (χ0) is 13.9. The minimum absolute atomic E-state index is 0.660. The van der Waals surface area contributed by atoms with Gasteiger partial charge < -0.3 is 0 Å². The standard InChI is InChI=1S/C17H12N2S/c1-12-5-7-14(8-6-12)17-19-16(11-20-17)15-4-2-3-13(9-15)10-18/h2-9,11H,1H3. The van der Waals surface area contributed by atoms with E-state index in [4.69, 9.17) is 5.26 Å². The monoisotopic (exact) mass is 276 g/mol. The highest BCUT2D eigenvalue weighted by Crippen LogP contribution is 2.29. The molecule has 3 aromatic rings. The molecule has 3 heteroatoms. The molecule has 0 aliphatic rings. The average Bonchev–Trinajstić information content (AvgIpc) is 2.98. The number of benzene rings is 2. The third-order valence-corrected chi connectivity index (χ3v) is 3.98. The summed E-state index contributed by atoms with van der Waals surface area (Å²) in [6.45, 7) is 2.07. The van der Waals surface area contributed by atoms with Crippen molar-refractivity contribution in [1.82, 2.24) is 4.98 Å². The largest absolute Gasteiger partial charge is 0.236 e. The molecule has 0 spiro atoms. The maximum Gasteiger partial charge on any atom is 0.124 e. The first-order valence-electron chi connectivity index (χ1n) is 6.29. The Labute approximate surface area is 122 Å². The third kappa shape index (κ3) is 2.47. The Balaban J connectivity index is 1.97. The van der Waals surface area contributed by atoms with Crippen molar-refractivity contribution in [3.05, 3.63) is 65.0 Å². The molecule has 96 valence electrons. The first kappa shape index (κ1) is 12.6. The molecular formula is C17H12N2S. The Hall–Kier alpha value is -2.44. The second-order valence-corrected chi connectivity index (χ2v) is 5.45. The van der Waals surface area contributed by atoms with Crippen molar-refractivity contribution in [3.8, 4) is 27.9 Å². The predicted octanol–water partition coefficient (Wildman–Crippen LogP) is 4.66. The van der Waals surface area contributed by atoms with E-state index >= 15 is 0 Å². The number of nitriles is 1. The number of nitrogens with zero attached hydrogens (tertiary/aromatic N) is 2. The summed E-state index contributed by atoms with van der Waals surface area (Å²) in [6.07, 6.45) is 0. The zero-order valence-corrected chi connectivity index (χ0v) is 11.8. The smallest absolute Gasteiger partial charge is 0.124 e. The third-order valence-electron chi connectivity index (χ3n) is 3.09. The van der Waals surface area contributed by atoms with Gasteiger partial charge in [0.25, 0.3) is 0 Å². The average molecular weight is 276 g/mol. The quantitative estimate of drug-likeness (QED) is 0.682. The van der Waals surface area contributed by atoms with Gasteiger partial charge in [0.15, 0.2) is 0 Å². The summed E-state index contributed by atoms with van der Waals surface area (Å²) < 4.78 is 0. The SMILES string of the molecule is Cc1ccc(-c2nc(-c3cccc(C#N)c3)cs2)cc1. The lowest BCUT2D eigenvalue weighted by Crippen LogP contribution is -1.81. The lowest BCUT2D eigenvalue weighted by Gasteiger charge is -1.98. The van der Waals surface area contributed by atoms with Gasteiger partial charge in [0, 0.05) is 16.5 Å². The van der Waals surface area contributed by atoms with Crippen LogP contribution in [0.25, 0.3) is 21.8 Å². The number of hydrogen-bond donors (Lipinski definition) is 0. The molecule has 0 bridgehead atoms. The second-order valence-electron chi connectivity index (χ2n) is 4.60. The Kier molecular flexibility index (Phi) is 3.32. The van der Waals surface area contributed by atoms with E-state index in [2.05, 4.69) is 42.2 Å². The molecule has 2 aromatic carbocycles. The molecule has 20 heavy (non-hydrogen) atoms. The lowest BCUT2D eigenvalue weighted by atomic mass is 10.1. The summed E-state index contributed by atoms with van der Waals surface area (Å²) >= 11 is 1.62. The van der Waals surface area contributed by atoms with Crippen LogP contribution in [-0.2, 0) is 0 Å². The fraction of sp³-hybridized carbons (Fsp3) is 0.0588. The summed E-state index contributed by atoms with van der Waals surface area (Å²) in [5.41, 5.74) is 4.93. The van der Waals surface area contributed by atoms with Crippen LogP contribution in [-0.4, -0.2) is 4.98 Å². The van der Waals surface area contributed by atoms with E-state index in [1.165, 1.54) is 5.56 Å². The Morgan fingerprint density at radius 2 is 1.85 bits per heavy atom. The molecule has 0 aliphatic carbocycles. The normalized spacial score (nSPS) is 10.2. The van der Waals surface area contributed by atoms with E-state index in [1.807, 2.05) is 23.6 Å². The van der Waals surface area contributed by atoms with Crippen LogP contribution in [0.15, 0.2) is 53.9 Å². The van der Waals surface area contributed by atoms with Gasteiger partial charge in [-0.05, 0) is 19.1 Å². The van der Waals surface area contributed by atoms with Crippen LogP contribution in [0.1, 0.15) is 11.1 Å². The van der Waals surface area contributed by atoms with Crippen LogP contribution < -0.4 is 0 Å². The number of thiazole rings is 1. The van der Waals surface area contributed by atoms with E-state index in [1.54, 1.807) is 17.4 Å². The Morgan fingerprint density at radius 3 is 2.60 bits per heavy atom. The van der Waals surface area contributed by atoms with Gasteiger partial charge in [-0.25, -0.2) is 4.98 Å². The van der Waals surface area contributed by atoms with Crippen molar-refractivity contribution in [2.45, 2.75) is 6.92 Å².